The molecule has 0 spiro atoms. The maximum Gasteiger partial charge on any atom is 0.292 e. The van der Waals surface area contributed by atoms with Crippen LogP contribution in [0.4, 0.5) is 17.2 Å². The molecular weight excluding hydrogens is 288 g/mol. The first-order chi connectivity index (χ1) is 8.16. The molecule has 0 saturated carbocycles. The molecule has 0 saturated heterocycles. The second-order valence-corrected chi connectivity index (χ2v) is 3.95. The van der Waals surface area contributed by atoms with Gasteiger partial charge in [0, 0.05) is 6.07 Å². The van der Waals surface area contributed by atoms with Gasteiger partial charge in [-0.1, -0.05) is 12.1 Å². The van der Waals surface area contributed by atoms with Crippen molar-refractivity contribution in [2.45, 2.75) is 0 Å². The summed E-state index contributed by atoms with van der Waals surface area (Å²) in [5, 5.41) is 21.3. The van der Waals surface area contributed by atoms with Crippen LogP contribution in [-0.2, 0) is 0 Å². The Labute approximate surface area is 105 Å². The minimum absolute atomic E-state index is 0.00258. The number of nitro groups is 1. The summed E-state index contributed by atoms with van der Waals surface area (Å²) in [4.78, 5) is 10.3. The average molecular weight is 295 g/mol. The zero-order valence-electron chi connectivity index (χ0n) is 8.50. The molecule has 0 unspecified atom stereocenters. The SMILES string of the molecule is O=[N+]([O-])c1ccccc1Nc1ccc(Br)nn1. The molecule has 0 aliphatic heterocycles. The van der Waals surface area contributed by atoms with Crippen LogP contribution >= 0.6 is 15.9 Å². The van der Waals surface area contributed by atoms with Crippen LogP contribution < -0.4 is 5.32 Å². The number of aromatic nitrogens is 2. The highest BCUT2D eigenvalue weighted by Crippen LogP contribution is 2.25. The van der Waals surface area contributed by atoms with Crippen LogP contribution in [-0.4, -0.2) is 15.1 Å². The minimum atomic E-state index is -0.450. The van der Waals surface area contributed by atoms with Crippen molar-refractivity contribution in [2.75, 3.05) is 5.32 Å². The molecule has 0 radical (unpaired) electrons. The number of halogens is 1. The van der Waals surface area contributed by atoms with Crippen LogP contribution in [0.2, 0.25) is 0 Å². The van der Waals surface area contributed by atoms with E-state index < -0.39 is 4.92 Å². The number of para-hydroxylation sites is 2. The van der Waals surface area contributed by atoms with Crippen LogP contribution in [0.1, 0.15) is 0 Å². The molecule has 2 aromatic rings. The number of anilines is 2. The predicted octanol–water partition coefficient (Wildman–Crippen LogP) is 2.89. The summed E-state index contributed by atoms with van der Waals surface area (Å²) in [5.41, 5.74) is 0.381. The molecule has 0 atom stereocenters. The smallest absolute Gasteiger partial charge is 0.292 e. The second-order valence-electron chi connectivity index (χ2n) is 3.14. The molecule has 0 aliphatic carbocycles. The van der Waals surface area contributed by atoms with Crippen molar-refractivity contribution in [3.8, 4) is 0 Å². The van der Waals surface area contributed by atoms with E-state index in [1.807, 2.05) is 0 Å². The Kier molecular flexibility index (Phi) is 3.29. The summed E-state index contributed by atoms with van der Waals surface area (Å²) in [6, 6.07) is 9.73. The summed E-state index contributed by atoms with van der Waals surface area (Å²) >= 11 is 3.16. The Balaban J connectivity index is 2.30. The molecule has 1 N–H and O–H groups in total. The normalized spacial score (nSPS) is 9.94. The largest absolute Gasteiger partial charge is 0.333 e. The van der Waals surface area contributed by atoms with Crippen LogP contribution in [0.25, 0.3) is 0 Å². The fourth-order valence-electron chi connectivity index (χ4n) is 1.26. The first kappa shape index (κ1) is 11.5. The van der Waals surface area contributed by atoms with E-state index in [1.54, 1.807) is 30.3 Å². The molecule has 1 aromatic heterocycles. The molecule has 0 aliphatic rings. The van der Waals surface area contributed by atoms with Crippen molar-refractivity contribution in [1.82, 2.24) is 10.2 Å². The molecular formula is C10H7BrN4O2. The molecule has 0 amide bonds. The molecule has 1 heterocycles. The molecule has 17 heavy (non-hydrogen) atoms. The van der Waals surface area contributed by atoms with Gasteiger partial charge in [0.1, 0.15) is 10.3 Å². The summed E-state index contributed by atoms with van der Waals surface area (Å²) in [7, 11) is 0. The molecule has 1 aromatic carbocycles. The number of benzene rings is 1. The topological polar surface area (TPSA) is 81.0 Å². The number of rotatable bonds is 3. The van der Waals surface area contributed by atoms with E-state index in [1.165, 1.54) is 6.07 Å². The Bertz CT molecular complexity index is 544. The zero-order valence-corrected chi connectivity index (χ0v) is 10.1. The van der Waals surface area contributed by atoms with Crippen molar-refractivity contribution in [2.24, 2.45) is 0 Å². The van der Waals surface area contributed by atoms with Crippen molar-refractivity contribution in [1.29, 1.82) is 0 Å². The number of hydrogen-bond acceptors (Lipinski definition) is 5. The van der Waals surface area contributed by atoms with Gasteiger partial charge in [-0.15, -0.1) is 10.2 Å². The molecule has 0 fully saturated rings. The van der Waals surface area contributed by atoms with E-state index in [0.29, 0.717) is 16.1 Å². The van der Waals surface area contributed by atoms with Gasteiger partial charge >= 0.3 is 0 Å². The lowest BCUT2D eigenvalue weighted by Gasteiger charge is -2.04. The Morgan fingerprint density at radius 1 is 1.18 bits per heavy atom. The maximum atomic E-state index is 10.8. The van der Waals surface area contributed by atoms with Crippen molar-refractivity contribution < 1.29 is 4.92 Å². The quantitative estimate of drug-likeness (QED) is 0.695. The van der Waals surface area contributed by atoms with Crippen LogP contribution in [0.15, 0.2) is 41.0 Å². The van der Waals surface area contributed by atoms with E-state index in [2.05, 4.69) is 31.4 Å². The van der Waals surface area contributed by atoms with E-state index in [4.69, 9.17) is 0 Å². The lowest BCUT2D eigenvalue weighted by Crippen LogP contribution is -1.99. The third-order valence-corrected chi connectivity index (χ3v) is 2.42. The third kappa shape index (κ3) is 2.76. The summed E-state index contributed by atoms with van der Waals surface area (Å²) in [5.74, 6) is 0.447. The molecule has 0 bridgehead atoms. The van der Waals surface area contributed by atoms with Gasteiger partial charge < -0.3 is 5.32 Å². The van der Waals surface area contributed by atoms with E-state index >= 15 is 0 Å². The lowest BCUT2D eigenvalue weighted by atomic mass is 10.2. The minimum Gasteiger partial charge on any atom is -0.333 e. The molecule has 6 nitrogen and oxygen atoms in total. The van der Waals surface area contributed by atoms with Gasteiger partial charge in [0.25, 0.3) is 5.69 Å². The Morgan fingerprint density at radius 2 is 1.94 bits per heavy atom. The lowest BCUT2D eigenvalue weighted by molar-refractivity contribution is -0.383. The van der Waals surface area contributed by atoms with E-state index in [-0.39, 0.29) is 5.69 Å². The standard InChI is InChI=1S/C10H7BrN4O2/c11-9-5-6-10(14-13-9)12-7-3-1-2-4-8(7)15(16)17/h1-6H,(H,12,14). The summed E-state index contributed by atoms with van der Waals surface area (Å²) < 4.78 is 0.602. The monoisotopic (exact) mass is 294 g/mol. The van der Waals surface area contributed by atoms with Gasteiger partial charge in [-0.05, 0) is 34.1 Å². The van der Waals surface area contributed by atoms with Crippen molar-refractivity contribution >= 4 is 33.1 Å². The zero-order chi connectivity index (χ0) is 12.3. The summed E-state index contributed by atoms with van der Waals surface area (Å²) in [6.45, 7) is 0. The van der Waals surface area contributed by atoms with Gasteiger partial charge in [-0.3, -0.25) is 10.1 Å². The van der Waals surface area contributed by atoms with Gasteiger partial charge in [-0.25, -0.2) is 0 Å². The number of nitrogens with one attached hydrogen (secondary N) is 1. The molecule has 86 valence electrons. The first-order valence-corrected chi connectivity index (χ1v) is 5.46. The average Bonchev–Trinajstić information content (AvgIpc) is 2.32. The highest BCUT2D eigenvalue weighted by Gasteiger charge is 2.12. The van der Waals surface area contributed by atoms with Gasteiger partial charge in [0.15, 0.2) is 5.82 Å². The van der Waals surface area contributed by atoms with E-state index in [0.717, 1.165) is 0 Å². The molecule has 2 rings (SSSR count). The highest BCUT2D eigenvalue weighted by atomic mass is 79.9. The second kappa shape index (κ2) is 4.88. The fraction of sp³-hybridized carbons (Fsp3) is 0. The first-order valence-electron chi connectivity index (χ1n) is 4.66. The van der Waals surface area contributed by atoms with Gasteiger partial charge in [-0.2, -0.15) is 0 Å². The summed E-state index contributed by atoms with van der Waals surface area (Å²) in [6.07, 6.45) is 0. The van der Waals surface area contributed by atoms with Crippen molar-refractivity contribution in [3.05, 3.63) is 51.1 Å². The Hall–Kier alpha value is -2.02. The number of nitro benzene ring substituents is 1. The van der Waals surface area contributed by atoms with Crippen LogP contribution in [0.3, 0.4) is 0 Å². The van der Waals surface area contributed by atoms with E-state index in [9.17, 15) is 10.1 Å². The predicted molar refractivity (Wildman–Crippen MR) is 66.1 cm³/mol. The highest BCUT2D eigenvalue weighted by molar-refractivity contribution is 9.10. The van der Waals surface area contributed by atoms with Gasteiger partial charge in [0.05, 0.1) is 4.92 Å². The number of nitrogens with zero attached hydrogens (tertiary/aromatic N) is 3. The third-order valence-electron chi connectivity index (χ3n) is 2.00. The van der Waals surface area contributed by atoms with Crippen LogP contribution in [0.5, 0.6) is 0 Å². The van der Waals surface area contributed by atoms with Crippen molar-refractivity contribution in [3.63, 3.8) is 0 Å². The Morgan fingerprint density at radius 3 is 2.59 bits per heavy atom. The number of hydrogen-bond donors (Lipinski definition) is 1. The maximum absolute atomic E-state index is 10.8. The van der Waals surface area contributed by atoms with Crippen LogP contribution in [0, 0.1) is 10.1 Å². The van der Waals surface area contributed by atoms with Gasteiger partial charge in [0.2, 0.25) is 0 Å². The fourth-order valence-corrected chi connectivity index (χ4v) is 1.47. The molecule has 7 heteroatoms.